The summed E-state index contributed by atoms with van der Waals surface area (Å²) in [5.74, 6) is 1.34. The van der Waals surface area contributed by atoms with Crippen LogP contribution in [0.1, 0.15) is 10.4 Å². The number of thiocarbonyl (C=S) groups is 1. The number of methoxy groups -OCH3 is 1. The molecule has 2 rings (SSSR count). The summed E-state index contributed by atoms with van der Waals surface area (Å²) in [6, 6.07) is 5.37. The Kier molecular flexibility index (Phi) is 4.11. The number of thiazole rings is 1. The van der Waals surface area contributed by atoms with Crippen LogP contribution in [0, 0.1) is 0 Å². The van der Waals surface area contributed by atoms with Gasteiger partial charge in [-0.2, -0.15) is 0 Å². The molecule has 0 aliphatic carbocycles. The van der Waals surface area contributed by atoms with Gasteiger partial charge in [-0.3, -0.25) is 4.98 Å². The molecule has 0 saturated carbocycles. The normalized spacial score (nSPS) is 10.1. The molecule has 1 heterocycles. The minimum atomic E-state index is 0.316. The minimum absolute atomic E-state index is 0.316. The molecular weight excluding hydrogens is 268 g/mol. The molecule has 18 heavy (non-hydrogen) atoms. The molecule has 0 spiro atoms. The second-order valence-corrected chi connectivity index (χ2v) is 4.93. The highest BCUT2D eigenvalue weighted by atomic mass is 32.1. The van der Waals surface area contributed by atoms with Crippen molar-refractivity contribution in [3.8, 4) is 11.5 Å². The first-order chi connectivity index (χ1) is 8.69. The number of rotatable bonds is 5. The number of benzene rings is 1. The van der Waals surface area contributed by atoms with Gasteiger partial charge in [0.25, 0.3) is 0 Å². The van der Waals surface area contributed by atoms with Crippen molar-refractivity contribution < 1.29 is 9.47 Å². The van der Waals surface area contributed by atoms with Crippen molar-refractivity contribution in [1.29, 1.82) is 0 Å². The van der Waals surface area contributed by atoms with E-state index in [-0.39, 0.29) is 0 Å². The molecule has 1 aromatic heterocycles. The van der Waals surface area contributed by atoms with Gasteiger partial charge < -0.3 is 15.2 Å². The maximum absolute atomic E-state index is 5.66. The fourth-order valence-corrected chi connectivity index (χ4v) is 2.01. The number of hydrogen-bond donors (Lipinski definition) is 1. The largest absolute Gasteiger partial charge is 0.497 e. The van der Waals surface area contributed by atoms with Crippen molar-refractivity contribution in [2.45, 2.75) is 6.61 Å². The summed E-state index contributed by atoms with van der Waals surface area (Å²) < 4.78 is 10.8. The highest BCUT2D eigenvalue weighted by molar-refractivity contribution is 7.80. The fraction of sp³-hybridized carbons (Fsp3) is 0.167. The number of aromatic nitrogens is 1. The van der Waals surface area contributed by atoms with E-state index in [0.717, 1.165) is 10.4 Å². The number of ether oxygens (including phenoxy) is 2. The summed E-state index contributed by atoms with van der Waals surface area (Å²) in [5.41, 5.74) is 8.10. The zero-order valence-electron chi connectivity index (χ0n) is 9.75. The van der Waals surface area contributed by atoms with Crippen LogP contribution in [-0.4, -0.2) is 17.1 Å². The van der Waals surface area contributed by atoms with Gasteiger partial charge in [0.1, 0.15) is 23.1 Å². The summed E-state index contributed by atoms with van der Waals surface area (Å²) in [5, 5.41) is 0. The first-order valence-electron chi connectivity index (χ1n) is 5.18. The molecule has 94 valence electrons. The van der Waals surface area contributed by atoms with E-state index >= 15 is 0 Å². The predicted molar refractivity (Wildman–Crippen MR) is 75.3 cm³/mol. The van der Waals surface area contributed by atoms with Crippen molar-refractivity contribution >= 4 is 28.5 Å². The van der Waals surface area contributed by atoms with E-state index in [0.29, 0.717) is 23.1 Å². The van der Waals surface area contributed by atoms with E-state index in [1.807, 2.05) is 0 Å². The number of nitrogens with two attached hydrogens (primary N) is 1. The first-order valence-corrected chi connectivity index (χ1v) is 6.47. The van der Waals surface area contributed by atoms with E-state index < -0.39 is 0 Å². The van der Waals surface area contributed by atoms with E-state index in [4.69, 9.17) is 27.4 Å². The third-order valence-corrected chi connectivity index (χ3v) is 3.25. The predicted octanol–water partition coefficient (Wildman–Crippen LogP) is 2.36. The summed E-state index contributed by atoms with van der Waals surface area (Å²) >= 11 is 6.50. The van der Waals surface area contributed by atoms with Crippen molar-refractivity contribution in [3.05, 3.63) is 40.3 Å². The molecular formula is C12H12N2O2S2. The van der Waals surface area contributed by atoms with E-state index in [1.165, 1.54) is 0 Å². The summed E-state index contributed by atoms with van der Waals surface area (Å²) in [7, 11) is 1.59. The quantitative estimate of drug-likeness (QED) is 0.852. The van der Waals surface area contributed by atoms with Crippen molar-refractivity contribution in [3.63, 3.8) is 0 Å². The van der Waals surface area contributed by atoms with Crippen LogP contribution in [0.2, 0.25) is 0 Å². The van der Waals surface area contributed by atoms with Gasteiger partial charge in [-0.25, -0.2) is 0 Å². The van der Waals surface area contributed by atoms with Crippen LogP contribution < -0.4 is 15.2 Å². The zero-order valence-corrected chi connectivity index (χ0v) is 11.4. The maximum Gasteiger partial charge on any atom is 0.124 e. The summed E-state index contributed by atoms with van der Waals surface area (Å²) in [6.07, 6.45) is 1.78. The Morgan fingerprint density at radius 2 is 2.17 bits per heavy atom. The summed E-state index contributed by atoms with van der Waals surface area (Å²) in [6.45, 7) is 0.467. The highest BCUT2D eigenvalue weighted by Crippen LogP contribution is 2.24. The Morgan fingerprint density at radius 3 is 2.78 bits per heavy atom. The Labute approximate surface area is 114 Å². The molecule has 6 heteroatoms. The molecule has 0 radical (unpaired) electrons. The number of hydrogen-bond acceptors (Lipinski definition) is 5. The van der Waals surface area contributed by atoms with Crippen LogP contribution in [0.5, 0.6) is 11.5 Å². The van der Waals surface area contributed by atoms with Crippen LogP contribution in [0.4, 0.5) is 0 Å². The van der Waals surface area contributed by atoms with E-state index in [1.54, 1.807) is 48.4 Å². The van der Waals surface area contributed by atoms with Crippen molar-refractivity contribution in [2.24, 2.45) is 5.73 Å². The monoisotopic (exact) mass is 280 g/mol. The molecule has 2 N–H and O–H groups in total. The van der Waals surface area contributed by atoms with Crippen molar-refractivity contribution in [1.82, 2.24) is 4.98 Å². The molecule has 0 fully saturated rings. The van der Waals surface area contributed by atoms with Gasteiger partial charge in [-0.15, -0.1) is 11.3 Å². The Hall–Kier alpha value is -1.66. The average molecular weight is 280 g/mol. The molecule has 0 amide bonds. The maximum atomic E-state index is 5.66. The van der Waals surface area contributed by atoms with E-state index in [2.05, 4.69) is 4.98 Å². The molecule has 0 saturated heterocycles. The fourth-order valence-electron chi connectivity index (χ4n) is 1.38. The standard InChI is InChI=1S/C12H12N2O2S2/c1-15-9-2-8(12(13)17)3-10(4-9)16-6-11-5-14-7-18-11/h2-5,7H,6H2,1H3,(H2,13,17). The topological polar surface area (TPSA) is 57.4 Å². The smallest absolute Gasteiger partial charge is 0.124 e. The first kappa shape index (κ1) is 12.8. The molecule has 2 aromatic rings. The van der Waals surface area contributed by atoms with Crippen LogP contribution in [-0.2, 0) is 6.61 Å². The van der Waals surface area contributed by atoms with Gasteiger partial charge in [-0.05, 0) is 12.1 Å². The highest BCUT2D eigenvalue weighted by Gasteiger charge is 2.05. The lowest BCUT2D eigenvalue weighted by molar-refractivity contribution is 0.307. The molecule has 4 nitrogen and oxygen atoms in total. The van der Waals surface area contributed by atoms with Crippen molar-refractivity contribution in [2.75, 3.05) is 7.11 Å². The van der Waals surface area contributed by atoms with Gasteiger partial charge in [0.15, 0.2) is 0 Å². The molecule has 0 atom stereocenters. The number of nitrogens with zero attached hydrogens (tertiary/aromatic N) is 1. The van der Waals surface area contributed by atoms with Gasteiger partial charge in [-0.1, -0.05) is 12.2 Å². The van der Waals surface area contributed by atoms with Crippen LogP contribution >= 0.6 is 23.6 Å². The van der Waals surface area contributed by atoms with Crippen LogP contribution in [0.15, 0.2) is 29.9 Å². The Bertz CT molecular complexity index is 541. The third kappa shape index (κ3) is 3.18. The lowest BCUT2D eigenvalue weighted by Gasteiger charge is -2.09. The SMILES string of the molecule is COc1cc(OCc2cncs2)cc(C(N)=S)c1. The lowest BCUT2D eigenvalue weighted by atomic mass is 10.2. The van der Waals surface area contributed by atoms with Gasteiger partial charge >= 0.3 is 0 Å². The zero-order chi connectivity index (χ0) is 13.0. The third-order valence-electron chi connectivity index (χ3n) is 2.26. The Morgan fingerprint density at radius 1 is 1.39 bits per heavy atom. The van der Waals surface area contributed by atoms with Crippen LogP contribution in [0.3, 0.4) is 0 Å². The van der Waals surface area contributed by atoms with E-state index in [9.17, 15) is 0 Å². The molecule has 0 unspecified atom stereocenters. The lowest BCUT2D eigenvalue weighted by Crippen LogP contribution is -2.09. The molecule has 0 aliphatic heterocycles. The molecule has 0 aliphatic rings. The molecule has 1 aromatic carbocycles. The second kappa shape index (κ2) is 5.79. The average Bonchev–Trinajstić information content (AvgIpc) is 2.89. The van der Waals surface area contributed by atoms with Gasteiger partial charge in [0.2, 0.25) is 0 Å². The Balaban J connectivity index is 2.16. The molecule has 0 bridgehead atoms. The van der Waals surface area contributed by atoms with Crippen LogP contribution in [0.25, 0.3) is 0 Å². The summed E-state index contributed by atoms with van der Waals surface area (Å²) in [4.78, 5) is 5.35. The second-order valence-electron chi connectivity index (χ2n) is 3.52. The van der Waals surface area contributed by atoms with Gasteiger partial charge in [0.05, 0.1) is 17.5 Å². The minimum Gasteiger partial charge on any atom is -0.497 e. The van der Waals surface area contributed by atoms with Gasteiger partial charge in [0, 0.05) is 17.8 Å².